The van der Waals surface area contributed by atoms with Gasteiger partial charge in [0.2, 0.25) is 5.43 Å². The first kappa shape index (κ1) is 13.6. The summed E-state index contributed by atoms with van der Waals surface area (Å²) in [7, 11) is 0. The molecule has 3 rings (SSSR count). The van der Waals surface area contributed by atoms with Crippen LogP contribution in [0, 0.1) is 0 Å². The molecule has 22 heavy (non-hydrogen) atoms. The van der Waals surface area contributed by atoms with E-state index in [1.54, 1.807) is 0 Å². The fraction of sp³-hybridized carbons (Fsp3) is 0. The molecule has 1 heterocycles. The zero-order valence-electron chi connectivity index (χ0n) is 10.9. The standard InChI is InChI=1S/C15H10O7/c16-6-1-2-8(9(18)3-6)12-14(20)13-10(19)4-7(17)5-11(13)22-15(12)21/h1-5,16-19,21H. The molecule has 3 aromatic rings. The maximum Gasteiger partial charge on any atom is 0.294 e. The molecule has 0 atom stereocenters. The predicted molar refractivity (Wildman–Crippen MR) is 76.2 cm³/mol. The van der Waals surface area contributed by atoms with Crippen LogP contribution in [0.1, 0.15) is 0 Å². The molecule has 5 N–H and O–H groups in total. The van der Waals surface area contributed by atoms with Crippen molar-refractivity contribution in [3.05, 3.63) is 40.6 Å². The third-order valence-electron chi connectivity index (χ3n) is 3.19. The molecular weight excluding hydrogens is 292 g/mol. The smallest absolute Gasteiger partial charge is 0.294 e. The van der Waals surface area contributed by atoms with Crippen LogP contribution in [0.3, 0.4) is 0 Å². The fourth-order valence-corrected chi connectivity index (χ4v) is 2.24. The number of fused-ring (bicyclic) bond motifs is 1. The lowest BCUT2D eigenvalue weighted by molar-refractivity contribution is 0.340. The molecule has 0 saturated heterocycles. The molecule has 0 saturated carbocycles. The van der Waals surface area contributed by atoms with Gasteiger partial charge in [0.25, 0.3) is 5.95 Å². The lowest BCUT2D eigenvalue weighted by Crippen LogP contribution is -2.06. The van der Waals surface area contributed by atoms with Crippen molar-refractivity contribution in [3.63, 3.8) is 0 Å². The molecule has 1 aromatic heterocycles. The molecule has 7 nitrogen and oxygen atoms in total. The second-order valence-electron chi connectivity index (χ2n) is 4.65. The maximum atomic E-state index is 12.5. The SMILES string of the molecule is O=c1c(-c2ccc(O)cc2O)c(O)oc2cc(O)cc(O)c12. The van der Waals surface area contributed by atoms with Crippen LogP contribution < -0.4 is 5.43 Å². The van der Waals surface area contributed by atoms with Crippen LogP contribution in [-0.4, -0.2) is 25.5 Å². The molecule has 2 aromatic carbocycles. The molecule has 0 unspecified atom stereocenters. The van der Waals surface area contributed by atoms with Gasteiger partial charge in [-0.3, -0.25) is 4.79 Å². The van der Waals surface area contributed by atoms with E-state index < -0.39 is 22.9 Å². The van der Waals surface area contributed by atoms with Crippen LogP contribution in [-0.2, 0) is 0 Å². The minimum atomic E-state index is -0.794. The zero-order chi connectivity index (χ0) is 16.0. The summed E-state index contributed by atoms with van der Waals surface area (Å²) in [5.41, 5.74) is -1.44. The Bertz CT molecular complexity index is 956. The number of hydrogen-bond acceptors (Lipinski definition) is 7. The van der Waals surface area contributed by atoms with Crippen molar-refractivity contribution in [1.82, 2.24) is 0 Å². The Morgan fingerprint density at radius 3 is 2.18 bits per heavy atom. The van der Waals surface area contributed by atoms with Gasteiger partial charge in [0.1, 0.15) is 39.5 Å². The highest BCUT2D eigenvalue weighted by molar-refractivity contribution is 5.90. The predicted octanol–water partition coefficient (Wildman–Crippen LogP) is 1.99. The first-order chi connectivity index (χ1) is 10.4. The van der Waals surface area contributed by atoms with E-state index in [4.69, 9.17) is 4.42 Å². The average Bonchev–Trinajstić information content (AvgIpc) is 2.39. The summed E-state index contributed by atoms with van der Waals surface area (Å²) in [6.07, 6.45) is 0. The van der Waals surface area contributed by atoms with Gasteiger partial charge in [0.05, 0.1) is 0 Å². The summed E-state index contributed by atoms with van der Waals surface area (Å²) < 4.78 is 5.04. The van der Waals surface area contributed by atoms with E-state index in [1.807, 2.05) is 0 Å². The lowest BCUT2D eigenvalue weighted by Gasteiger charge is -2.08. The van der Waals surface area contributed by atoms with Crippen molar-refractivity contribution in [2.75, 3.05) is 0 Å². The van der Waals surface area contributed by atoms with Crippen LogP contribution in [0.4, 0.5) is 0 Å². The Hall–Kier alpha value is -3.35. The van der Waals surface area contributed by atoms with Gasteiger partial charge in [0.15, 0.2) is 0 Å². The van der Waals surface area contributed by atoms with Crippen LogP contribution in [0.2, 0.25) is 0 Å². The van der Waals surface area contributed by atoms with Crippen LogP contribution >= 0.6 is 0 Å². The monoisotopic (exact) mass is 302 g/mol. The minimum Gasteiger partial charge on any atom is -0.508 e. The first-order valence-corrected chi connectivity index (χ1v) is 6.12. The van der Waals surface area contributed by atoms with Gasteiger partial charge in [-0.25, -0.2) is 0 Å². The van der Waals surface area contributed by atoms with Crippen LogP contribution in [0.15, 0.2) is 39.5 Å². The van der Waals surface area contributed by atoms with Crippen molar-refractivity contribution in [2.24, 2.45) is 0 Å². The molecule has 112 valence electrons. The molecule has 0 aliphatic carbocycles. The summed E-state index contributed by atoms with van der Waals surface area (Å²) in [6, 6.07) is 5.46. The Balaban J connectivity index is 2.43. The summed E-state index contributed by atoms with van der Waals surface area (Å²) >= 11 is 0. The molecule has 0 spiro atoms. The molecule has 0 bridgehead atoms. The van der Waals surface area contributed by atoms with Gasteiger partial charge in [-0.15, -0.1) is 0 Å². The minimum absolute atomic E-state index is 0.0709. The van der Waals surface area contributed by atoms with Gasteiger partial charge >= 0.3 is 0 Å². The molecular formula is C15H10O7. The lowest BCUT2D eigenvalue weighted by atomic mass is 10.0. The van der Waals surface area contributed by atoms with E-state index in [1.165, 1.54) is 12.1 Å². The number of aromatic hydroxyl groups is 5. The maximum absolute atomic E-state index is 12.5. The Labute approximate surface area is 122 Å². The first-order valence-electron chi connectivity index (χ1n) is 6.12. The topological polar surface area (TPSA) is 131 Å². The van der Waals surface area contributed by atoms with Crippen molar-refractivity contribution < 1.29 is 29.9 Å². The average molecular weight is 302 g/mol. The molecule has 7 heteroatoms. The molecule has 0 aliphatic heterocycles. The summed E-state index contributed by atoms with van der Waals surface area (Å²) in [5, 5.41) is 48.0. The fourth-order valence-electron chi connectivity index (χ4n) is 2.24. The number of phenols is 4. The van der Waals surface area contributed by atoms with Crippen molar-refractivity contribution in [2.45, 2.75) is 0 Å². The molecule has 0 radical (unpaired) electrons. The van der Waals surface area contributed by atoms with Gasteiger partial charge in [-0.05, 0) is 12.1 Å². The highest BCUT2D eigenvalue weighted by Crippen LogP contribution is 2.38. The van der Waals surface area contributed by atoms with E-state index in [-0.39, 0.29) is 33.6 Å². The highest BCUT2D eigenvalue weighted by Gasteiger charge is 2.21. The molecule has 0 amide bonds. The van der Waals surface area contributed by atoms with Gasteiger partial charge in [-0.2, -0.15) is 0 Å². The Morgan fingerprint density at radius 2 is 1.50 bits per heavy atom. The van der Waals surface area contributed by atoms with Gasteiger partial charge in [0, 0.05) is 23.8 Å². The second-order valence-corrected chi connectivity index (χ2v) is 4.65. The zero-order valence-corrected chi connectivity index (χ0v) is 10.9. The van der Waals surface area contributed by atoms with Crippen LogP contribution in [0.25, 0.3) is 22.1 Å². The van der Waals surface area contributed by atoms with Crippen molar-refractivity contribution in [3.8, 4) is 40.1 Å². The third-order valence-corrected chi connectivity index (χ3v) is 3.19. The Kier molecular flexibility index (Phi) is 2.84. The van der Waals surface area contributed by atoms with E-state index in [9.17, 15) is 30.3 Å². The largest absolute Gasteiger partial charge is 0.508 e. The second kappa shape index (κ2) is 4.59. The number of benzene rings is 2. The normalized spacial score (nSPS) is 10.9. The number of hydrogen-bond donors (Lipinski definition) is 5. The summed E-state index contributed by atoms with van der Waals surface area (Å²) in [5.74, 6) is -2.32. The van der Waals surface area contributed by atoms with E-state index in [2.05, 4.69) is 0 Å². The van der Waals surface area contributed by atoms with Crippen molar-refractivity contribution >= 4 is 11.0 Å². The third kappa shape index (κ3) is 1.96. The molecule has 0 fully saturated rings. The quantitative estimate of drug-likeness (QED) is 0.464. The van der Waals surface area contributed by atoms with Crippen molar-refractivity contribution in [1.29, 1.82) is 0 Å². The Morgan fingerprint density at radius 1 is 0.818 bits per heavy atom. The molecule has 0 aliphatic rings. The van der Waals surface area contributed by atoms with Crippen LogP contribution in [0.5, 0.6) is 28.9 Å². The summed E-state index contributed by atoms with van der Waals surface area (Å²) in [6.45, 7) is 0. The summed E-state index contributed by atoms with van der Waals surface area (Å²) in [4.78, 5) is 12.5. The van der Waals surface area contributed by atoms with Gasteiger partial charge in [-0.1, -0.05) is 0 Å². The number of rotatable bonds is 1. The van der Waals surface area contributed by atoms with E-state index >= 15 is 0 Å². The highest BCUT2D eigenvalue weighted by atomic mass is 16.5. The van der Waals surface area contributed by atoms with E-state index in [0.29, 0.717) is 0 Å². The van der Waals surface area contributed by atoms with Gasteiger partial charge < -0.3 is 29.9 Å². The van der Waals surface area contributed by atoms with E-state index in [0.717, 1.165) is 18.2 Å². The number of phenolic OH excluding ortho intramolecular Hbond substituents is 4.